The van der Waals surface area contributed by atoms with Crippen molar-refractivity contribution in [3.63, 3.8) is 0 Å². The zero-order valence-electron chi connectivity index (χ0n) is 10.8. The van der Waals surface area contributed by atoms with E-state index < -0.39 is 11.0 Å². The number of amides is 1. The van der Waals surface area contributed by atoms with Gasteiger partial charge in [-0.15, -0.1) is 0 Å². The van der Waals surface area contributed by atoms with Crippen molar-refractivity contribution in [2.75, 3.05) is 13.2 Å². The fraction of sp³-hybridized carbons (Fsp3) is 0.417. The number of nitro benzene ring substituents is 1. The summed E-state index contributed by atoms with van der Waals surface area (Å²) in [4.78, 5) is 21.4. The zero-order valence-corrected chi connectivity index (χ0v) is 10.8. The first-order chi connectivity index (χ1) is 8.95. The molecule has 19 heavy (non-hydrogen) atoms. The quantitative estimate of drug-likeness (QED) is 0.595. The lowest BCUT2D eigenvalue weighted by Crippen LogP contribution is -2.28. The van der Waals surface area contributed by atoms with Gasteiger partial charge in [0.2, 0.25) is 0 Å². The van der Waals surface area contributed by atoms with Crippen LogP contribution in [0.2, 0.25) is 0 Å². The molecule has 0 bridgehead atoms. The van der Waals surface area contributed by atoms with E-state index in [4.69, 9.17) is 4.74 Å². The lowest BCUT2D eigenvalue weighted by molar-refractivity contribution is -0.385. The Balaban J connectivity index is 2.88. The highest BCUT2D eigenvalue weighted by molar-refractivity contribution is 5.77. The van der Waals surface area contributed by atoms with Crippen LogP contribution in [0.3, 0.4) is 0 Å². The van der Waals surface area contributed by atoms with Gasteiger partial charge in [-0.3, -0.25) is 14.9 Å². The molecule has 0 fully saturated rings. The van der Waals surface area contributed by atoms with Crippen molar-refractivity contribution in [2.45, 2.75) is 20.0 Å². The van der Waals surface area contributed by atoms with Crippen LogP contribution < -0.4 is 10.1 Å². The Labute approximate surface area is 110 Å². The number of aliphatic hydroxyl groups is 1. The third-order valence-electron chi connectivity index (χ3n) is 2.39. The predicted octanol–water partition coefficient (Wildman–Crippen LogP) is 1.16. The van der Waals surface area contributed by atoms with Gasteiger partial charge in [-0.2, -0.15) is 0 Å². The van der Waals surface area contributed by atoms with E-state index >= 15 is 0 Å². The van der Waals surface area contributed by atoms with Crippen LogP contribution in [0.15, 0.2) is 18.2 Å². The molecule has 1 atom stereocenters. The SMILES string of the molecule is CCNC(=O)COc1ccc([N+](=O)[O-])cc1[C@H](C)O. The van der Waals surface area contributed by atoms with Crippen LogP contribution in [0, 0.1) is 10.1 Å². The van der Waals surface area contributed by atoms with Crippen molar-refractivity contribution in [1.82, 2.24) is 5.32 Å². The highest BCUT2D eigenvalue weighted by Crippen LogP contribution is 2.29. The zero-order chi connectivity index (χ0) is 14.4. The number of nitrogens with zero attached hydrogens (tertiary/aromatic N) is 1. The van der Waals surface area contributed by atoms with Gasteiger partial charge in [0.25, 0.3) is 11.6 Å². The Hall–Kier alpha value is -2.15. The smallest absolute Gasteiger partial charge is 0.270 e. The fourth-order valence-corrected chi connectivity index (χ4v) is 1.50. The first-order valence-electron chi connectivity index (χ1n) is 5.81. The molecule has 0 radical (unpaired) electrons. The molecule has 0 saturated carbocycles. The van der Waals surface area contributed by atoms with Crippen LogP contribution in [-0.2, 0) is 4.79 Å². The lowest BCUT2D eigenvalue weighted by atomic mass is 10.1. The van der Waals surface area contributed by atoms with Gasteiger partial charge in [0, 0.05) is 24.2 Å². The second-order valence-electron chi connectivity index (χ2n) is 3.90. The van der Waals surface area contributed by atoms with Crippen molar-refractivity contribution >= 4 is 11.6 Å². The average molecular weight is 268 g/mol. The van der Waals surface area contributed by atoms with Crippen molar-refractivity contribution in [2.24, 2.45) is 0 Å². The first kappa shape index (κ1) is 14.9. The number of ether oxygens (including phenoxy) is 1. The number of non-ortho nitro benzene ring substituents is 1. The van der Waals surface area contributed by atoms with Crippen molar-refractivity contribution in [3.8, 4) is 5.75 Å². The van der Waals surface area contributed by atoms with Crippen LogP contribution in [-0.4, -0.2) is 29.1 Å². The molecule has 7 nitrogen and oxygen atoms in total. The standard InChI is InChI=1S/C12H16N2O5/c1-3-13-12(16)7-19-11-5-4-9(14(17)18)6-10(11)8(2)15/h4-6,8,15H,3,7H2,1-2H3,(H,13,16)/t8-/m0/s1. The number of hydrogen-bond acceptors (Lipinski definition) is 5. The number of nitro groups is 1. The molecule has 0 heterocycles. The summed E-state index contributed by atoms with van der Waals surface area (Å²) in [5.41, 5.74) is 0.139. The van der Waals surface area contributed by atoms with Gasteiger partial charge in [0.15, 0.2) is 6.61 Å². The van der Waals surface area contributed by atoms with Crippen molar-refractivity contribution in [3.05, 3.63) is 33.9 Å². The maximum Gasteiger partial charge on any atom is 0.270 e. The number of aliphatic hydroxyl groups excluding tert-OH is 1. The summed E-state index contributed by atoms with van der Waals surface area (Å²) in [5.74, 6) is -0.0377. The summed E-state index contributed by atoms with van der Waals surface area (Å²) in [6, 6.07) is 3.87. The molecule has 0 spiro atoms. The molecular weight excluding hydrogens is 252 g/mol. The Morgan fingerprint density at radius 1 is 1.58 bits per heavy atom. The Bertz CT molecular complexity index is 473. The molecule has 0 aliphatic rings. The second-order valence-corrected chi connectivity index (χ2v) is 3.90. The molecule has 0 aliphatic carbocycles. The van der Waals surface area contributed by atoms with E-state index in [-0.39, 0.29) is 29.5 Å². The third kappa shape index (κ3) is 4.22. The number of hydrogen-bond donors (Lipinski definition) is 2. The summed E-state index contributed by atoms with van der Waals surface area (Å²) in [6.07, 6.45) is -0.927. The topological polar surface area (TPSA) is 102 Å². The monoisotopic (exact) mass is 268 g/mol. The molecule has 0 aliphatic heterocycles. The van der Waals surface area contributed by atoms with Crippen LogP contribution in [0.5, 0.6) is 5.75 Å². The largest absolute Gasteiger partial charge is 0.483 e. The molecule has 1 rings (SSSR count). The maximum absolute atomic E-state index is 11.3. The fourth-order valence-electron chi connectivity index (χ4n) is 1.50. The van der Waals surface area contributed by atoms with E-state index in [0.29, 0.717) is 6.54 Å². The van der Waals surface area contributed by atoms with Gasteiger partial charge in [0.05, 0.1) is 11.0 Å². The number of carbonyl (C=O) groups is 1. The van der Waals surface area contributed by atoms with Crippen molar-refractivity contribution in [1.29, 1.82) is 0 Å². The number of carbonyl (C=O) groups excluding carboxylic acids is 1. The van der Waals surface area contributed by atoms with Gasteiger partial charge in [-0.1, -0.05) is 0 Å². The van der Waals surface area contributed by atoms with Crippen LogP contribution in [0.25, 0.3) is 0 Å². The molecule has 1 amide bonds. The van der Waals surface area contributed by atoms with E-state index in [1.165, 1.54) is 25.1 Å². The average Bonchev–Trinajstić information content (AvgIpc) is 2.36. The van der Waals surface area contributed by atoms with Crippen LogP contribution in [0.4, 0.5) is 5.69 Å². The molecular formula is C12H16N2O5. The number of nitrogens with one attached hydrogen (secondary N) is 1. The number of likely N-dealkylation sites (N-methyl/N-ethyl adjacent to an activating group) is 1. The normalized spacial score (nSPS) is 11.7. The van der Waals surface area contributed by atoms with Gasteiger partial charge < -0.3 is 15.2 Å². The molecule has 104 valence electrons. The highest BCUT2D eigenvalue weighted by atomic mass is 16.6. The second kappa shape index (κ2) is 6.69. The Morgan fingerprint density at radius 3 is 2.79 bits per heavy atom. The molecule has 0 aromatic heterocycles. The Morgan fingerprint density at radius 2 is 2.26 bits per heavy atom. The van der Waals surface area contributed by atoms with Gasteiger partial charge in [-0.05, 0) is 19.9 Å². The van der Waals surface area contributed by atoms with Crippen LogP contribution >= 0.6 is 0 Å². The summed E-state index contributed by atoms with van der Waals surface area (Å²) in [5, 5.41) is 22.8. The van der Waals surface area contributed by atoms with E-state index in [9.17, 15) is 20.0 Å². The van der Waals surface area contributed by atoms with E-state index in [1.54, 1.807) is 6.92 Å². The molecule has 1 aromatic rings. The first-order valence-corrected chi connectivity index (χ1v) is 5.81. The molecule has 0 unspecified atom stereocenters. The van der Waals surface area contributed by atoms with Gasteiger partial charge in [-0.25, -0.2) is 0 Å². The number of rotatable bonds is 6. The minimum Gasteiger partial charge on any atom is -0.483 e. The van der Waals surface area contributed by atoms with E-state index in [0.717, 1.165) is 0 Å². The summed E-state index contributed by atoms with van der Waals surface area (Å²) in [7, 11) is 0. The van der Waals surface area contributed by atoms with E-state index in [2.05, 4.69) is 5.32 Å². The minimum atomic E-state index is -0.927. The van der Waals surface area contributed by atoms with Gasteiger partial charge in [0.1, 0.15) is 5.75 Å². The lowest BCUT2D eigenvalue weighted by Gasteiger charge is -2.13. The van der Waals surface area contributed by atoms with Gasteiger partial charge >= 0.3 is 0 Å². The summed E-state index contributed by atoms with van der Waals surface area (Å²) in [6.45, 7) is 3.54. The van der Waals surface area contributed by atoms with E-state index in [1.807, 2.05) is 0 Å². The molecule has 7 heteroatoms. The summed E-state index contributed by atoms with van der Waals surface area (Å²) >= 11 is 0. The highest BCUT2D eigenvalue weighted by Gasteiger charge is 2.16. The molecule has 2 N–H and O–H groups in total. The van der Waals surface area contributed by atoms with Crippen molar-refractivity contribution < 1.29 is 19.6 Å². The summed E-state index contributed by atoms with van der Waals surface area (Å²) < 4.78 is 5.25. The minimum absolute atomic E-state index is 0.138. The third-order valence-corrected chi connectivity index (χ3v) is 2.39. The molecule has 1 aromatic carbocycles. The maximum atomic E-state index is 11.3. The molecule has 0 saturated heterocycles. The van der Waals surface area contributed by atoms with Crippen LogP contribution in [0.1, 0.15) is 25.5 Å². The number of benzene rings is 1. The Kier molecular flexibility index (Phi) is 5.25. The predicted molar refractivity (Wildman–Crippen MR) is 67.9 cm³/mol.